The quantitative estimate of drug-likeness (QED) is 0.852. The highest BCUT2D eigenvalue weighted by Gasteiger charge is 2.15. The van der Waals surface area contributed by atoms with Crippen LogP contribution in [0.5, 0.6) is 0 Å². The summed E-state index contributed by atoms with van der Waals surface area (Å²) >= 11 is 1.35. The number of rotatable bonds is 2. The Morgan fingerprint density at radius 3 is 2.53 bits per heavy atom. The smallest absolute Gasteiger partial charge is 0.350 e. The molecule has 90 valence electrons. The number of carbonyl (C=O) groups is 1. The van der Waals surface area contributed by atoms with Gasteiger partial charge in [-0.3, -0.25) is 0 Å². The number of carbonyl (C=O) groups excluding carboxylic acids is 1. The Labute approximate surface area is 110 Å². The summed E-state index contributed by atoms with van der Waals surface area (Å²) in [7, 11) is 1.35. The lowest BCUT2D eigenvalue weighted by Gasteiger charge is -1.95. The predicted octanol–water partition coefficient (Wildman–Crippen LogP) is 3.21. The van der Waals surface area contributed by atoms with Gasteiger partial charge in [0.2, 0.25) is 0 Å². The lowest BCUT2D eigenvalue weighted by Crippen LogP contribution is -2.00. The van der Waals surface area contributed by atoms with Crippen LogP contribution in [0, 0.1) is 0 Å². The van der Waals surface area contributed by atoms with Crippen LogP contribution in [0.3, 0.4) is 0 Å². The molecule has 3 nitrogen and oxygen atoms in total. The summed E-state index contributed by atoms with van der Waals surface area (Å²) in [6, 6.07) is 11.6. The van der Waals surface area contributed by atoms with E-state index in [1.807, 2.05) is 30.3 Å². The minimum absolute atomic E-state index is 0. The normalized spacial score (nSPS) is 9.47. The van der Waals surface area contributed by atoms with Crippen molar-refractivity contribution in [3.8, 4) is 10.4 Å². The first-order chi connectivity index (χ1) is 7.72. The molecule has 0 saturated carbocycles. The first kappa shape index (κ1) is 13.5. The van der Waals surface area contributed by atoms with Crippen LogP contribution >= 0.6 is 23.7 Å². The summed E-state index contributed by atoms with van der Waals surface area (Å²) < 4.78 is 4.66. The van der Waals surface area contributed by atoms with Gasteiger partial charge in [-0.25, -0.2) is 4.79 Å². The van der Waals surface area contributed by atoms with Gasteiger partial charge in [0.05, 0.1) is 12.8 Å². The van der Waals surface area contributed by atoms with Crippen molar-refractivity contribution in [2.75, 3.05) is 12.8 Å². The molecule has 0 atom stereocenters. The Balaban J connectivity index is 0.00000144. The minimum atomic E-state index is -0.385. The third-order valence-electron chi connectivity index (χ3n) is 2.19. The molecule has 1 heterocycles. The molecule has 0 aliphatic carbocycles. The van der Waals surface area contributed by atoms with Crippen molar-refractivity contribution < 1.29 is 9.53 Å². The van der Waals surface area contributed by atoms with Crippen LogP contribution in [0.1, 0.15) is 9.67 Å². The number of ether oxygens (including phenoxy) is 1. The van der Waals surface area contributed by atoms with Gasteiger partial charge >= 0.3 is 5.97 Å². The molecule has 2 rings (SSSR count). The maximum atomic E-state index is 11.4. The first-order valence-corrected chi connectivity index (χ1v) is 5.57. The number of nitrogen functional groups attached to an aromatic ring is 1. The zero-order valence-corrected chi connectivity index (χ0v) is 10.8. The van der Waals surface area contributed by atoms with Crippen molar-refractivity contribution >= 4 is 35.4 Å². The van der Waals surface area contributed by atoms with Crippen LogP contribution in [0.15, 0.2) is 36.4 Å². The minimum Gasteiger partial charge on any atom is -0.465 e. The Kier molecular flexibility index (Phi) is 4.54. The standard InChI is InChI=1S/C12H11NO2S.ClH/c1-15-12(14)11-9(13)7-10(16-11)8-5-3-2-4-6-8;/h2-7H,13H2,1H3;1H. The van der Waals surface area contributed by atoms with Crippen LogP contribution in [-0.2, 0) is 4.74 Å². The third kappa shape index (κ3) is 2.78. The molecule has 2 N–H and O–H groups in total. The molecule has 0 aliphatic rings. The Bertz CT molecular complexity index is 510. The Hall–Kier alpha value is -1.52. The topological polar surface area (TPSA) is 52.3 Å². The van der Waals surface area contributed by atoms with Gasteiger partial charge in [0.25, 0.3) is 0 Å². The highest BCUT2D eigenvalue weighted by molar-refractivity contribution is 7.18. The molecule has 0 unspecified atom stereocenters. The van der Waals surface area contributed by atoms with E-state index < -0.39 is 0 Å². The van der Waals surface area contributed by atoms with E-state index in [4.69, 9.17) is 5.73 Å². The fourth-order valence-electron chi connectivity index (χ4n) is 1.40. The van der Waals surface area contributed by atoms with E-state index in [1.54, 1.807) is 6.07 Å². The van der Waals surface area contributed by atoms with E-state index in [2.05, 4.69) is 4.74 Å². The number of methoxy groups -OCH3 is 1. The number of nitrogens with two attached hydrogens (primary N) is 1. The molecule has 0 spiro atoms. The molecule has 5 heteroatoms. The second-order valence-electron chi connectivity index (χ2n) is 3.25. The maximum Gasteiger partial charge on any atom is 0.350 e. The van der Waals surface area contributed by atoms with Crippen molar-refractivity contribution in [1.29, 1.82) is 0 Å². The number of esters is 1. The van der Waals surface area contributed by atoms with Crippen molar-refractivity contribution in [2.24, 2.45) is 0 Å². The first-order valence-electron chi connectivity index (χ1n) is 4.75. The number of anilines is 1. The van der Waals surface area contributed by atoms with Gasteiger partial charge in [-0.05, 0) is 11.6 Å². The SMILES string of the molecule is COC(=O)c1sc(-c2ccccc2)cc1N.Cl. The number of benzene rings is 1. The molecule has 0 aliphatic heterocycles. The molecular formula is C12H12ClNO2S. The zero-order valence-electron chi connectivity index (χ0n) is 9.17. The molecule has 0 fully saturated rings. The molecular weight excluding hydrogens is 258 g/mol. The van der Waals surface area contributed by atoms with Crippen molar-refractivity contribution in [1.82, 2.24) is 0 Å². The van der Waals surface area contributed by atoms with Crippen LogP contribution in [0.4, 0.5) is 5.69 Å². The van der Waals surface area contributed by atoms with Crippen LogP contribution in [-0.4, -0.2) is 13.1 Å². The Morgan fingerprint density at radius 2 is 1.94 bits per heavy atom. The molecule has 0 bridgehead atoms. The van der Waals surface area contributed by atoms with E-state index in [1.165, 1.54) is 18.4 Å². The van der Waals surface area contributed by atoms with Gasteiger partial charge in [0, 0.05) is 4.88 Å². The summed E-state index contributed by atoms with van der Waals surface area (Å²) in [5.74, 6) is -0.385. The predicted molar refractivity (Wildman–Crippen MR) is 72.8 cm³/mol. The number of thiophene rings is 1. The molecule has 0 saturated heterocycles. The molecule has 2 aromatic rings. The summed E-state index contributed by atoms with van der Waals surface area (Å²) in [5, 5.41) is 0. The molecule has 0 radical (unpaired) electrons. The highest BCUT2D eigenvalue weighted by atomic mass is 35.5. The average Bonchev–Trinajstić information content (AvgIpc) is 2.71. The Morgan fingerprint density at radius 1 is 1.29 bits per heavy atom. The molecule has 1 aromatic carbocycles. The van der Waals surface area contributed by atoms with Gasteiger partial charge in [-0.15, -0.1) is 23.7 Å². The summed E-state index contributed by atoms with van der Waals surface area (Å²) in [4.78, 5) is 12.8. The average molecular weight is 270 g/mol. The number of hydrogen-bond donors (Lipinski definition) is 1. The van der Waals surface area contributed by atoms with E-state index in [-0.39, 0.29) is 18.4 Å². The van der Waals surface area contributed by atoms with E-state index in [9.17, 15) is 4.79 Å². The van der Waals surface area contributed by atoms with Gasteiger partial charge in [-0.2, -0.15) is 0 Å². The number of hydrogen-bond acceptors (Lipinski definition) is 4. The summed E-state index contributed by atoms with van der Waals surface area (Å²) in [5.41, 5.74) is 7.28. The van der Waals surface area contributed by atoms with E-state index >= 15 is 0 Å². The molecule has 17 heavy (non-hydrogen) atoms. The third-order valence-corrected chi connectivity index (χ3v) is 3.37. The second kappa shape index (κ2) is 5.70. The monoisotopic (exact) mass is 269 g/mol. The molecule has 1 aromatic heterocycles. The van der Waals surface area contributed by atoms with Crippen molar-refractivity contribution in [3.63, 3.8) is 0 Å². The fourth-order valence-corrected chi connectivity index (χ4v) is 2.41. The summed E-state index contributed by atoms with van der Waals surface area (Å²) in [6.45, 7) is 0. The second-order valence-corrected chi connectivity index (χ2v) is 4.30. The van der Waals surface area contributed by atoms with Crippen molar-refractivity contribution in [3.05, 3.63) is 41.3 Å². The van der Waals surface area contributed by atoms with Gasteiger partial charge in [-0.1, -0.05) is 30.3 Å². The largest absolute Gasteiger partial charge is 0.465 e. The van der Waals surface area contributed by atoms with Crippen LogP contribution < -0.4 is 5.73 Å². The van der Waals surface area contributed by atoms with Gasteiger partial charge < -0.3 is 10.5 Å². The zero-order chi connectivity index (χ0) is 11.5. The lowest BCUT2D eigenvalue weighted by molar-refractivity contribution is 0.0607. The summed E-state index contributed by atoms with van der Waals surface area (Å²) in [6.07, 6.45) is 0. The lowest BCUT2D eigenvalue weighted by atomic mass is 10.2. The van der Waals surface area contributed by atoms with E-state index in [0.29, 0.717) is 10.6 Å². The van der Waals surface area contributed by atoms with E-state index in [0.717, 1.165) is 10.4 Å². The van der Waals surface area contributed by atoms with Crippen LogP contribution in [0.2, 0.25) is 0 Å². The maximum absolute atomic E-state index is 11.4. The fraction of sp³-hybridized carbons (Fsp3) is 0.0833. The van der Waals surface area contributed by atoms with Gasteiger partial charge in [0.15, 0.2) is 0 Å². The van der Waals surface area contributed by atoms with Gasteiger partial charge in [0.1, 0.15) is 4.88 Å². The molecule has 0 amide bonds. The highest BCUT2D eigenvalue weighted by Crippen LogP contribution is 2.33. The van der Waals surface area contributed by atoms with Crippen LogP contribution in [0.25, 0.3) is 10.4 Å². The number of halogens is 1. The van der Waals surface area contributed by atoms with Crippen molar-refractivity contribution in [2.45, 2.75) is 0 Å².